The number of ether oxygens (including phenoxy) is 2. The molecule has 0 spiro atoms. The highest BCUT2D eigenvalue weighted by molar-refractivity contribution is 7.22. The number of likely N-dealkylation sites (N-methyl/N-ethyl adjacent to an activating group) is 1. The zero-order valence-corrected chi connectivity index (χ0v) is 16.7. The predicted octanol–water partition coefficient (Wildman–Crippen LogP) is 2.28. The van der Waals surface area contributed by atoms with Crippen LogP contribution in [0.15, 0.2) is 35.7 Å². The maximum absolute atomic E-state index is 12.9. The molecule has 1 aromatic carbocycles. The van der Waals surface area contributed by atoms with Crippen molar-refractivity contribution in [3.63, 3.8) is 0 Å². The molecule has 3 heterocycles. The second kappa shape index (κ2) is 7.67. The molecular weight excluding hydrogens is 382 g/mol. The highest BCUT2D eigenvalue weighted by atomic mass is 32.1. The molecule has 1 N–H and O–H groups in total. The van der Waals surface area contributed by atoms with Gasteiger partial charge < -0.3 is 14.4 Å². The number of fused-ring (bicyclic) bond motifs is 2. The van der Waals surface area contributed by atoms with Crippen molar-refractivity contribution >= 4 is 50.0 Å². The van der Waals surface area contributed by atoms with Crippen LogP contribution in [0, 0.1) is 0 Å². The van der Waals surface area contributed by atoms with E-state index in [1.54, 1.807) is 22.3 Å². The van der Waals surface area contributed by atoms with E-state index in [1.807, 2.05) is 35.7 Å². The van der Waals surface area contributed by atoms with E-state index in [4.69, 9.17) is 9.47 Å². The van der Waals surface area contributed by atoms with Crippen LogP contribution < -0.4 is 19.3 Å². The van der Waals surface area contributed by atoms with Gasteiger partial charge in [-0.15, -0.1) is 11.3 Å². The van der Waals surface area contributed by atoms with Gasteiger partial charge >= 0.3 is 0 Å². The Hall–Kier alpha value is -2.42. The van der Waals surface area contributed by atoms with E-state index in [2.05, 4.69) is 19.1 Å². The van der Waals surface area contributed by atoms with Crippen LogP contribution in [0.4, 0.5) is 5.13 Å². The zero-order valence-electron chi connectivity index (χ0n) is 15.1. The predicted molar refractivity (Wildman–Crippen MR) is 109 cm³/mol. The van der Waals surface area contributed by atoms with Crippen molar-refractivity contribution in [2.24, 2.45) is 0 Å². The summed E-state index contributed by atoms with van der Waals surface area (Å²) in [7, 11) is 4.14. The van der Waals surface area contributed by atoms with E-state index in [1.165, 1.54) is 16.2 Å². The van der Waals surface area contributed by atoms with Gasteiger partial charge in [-0.1, -0.05) is 17.4 Å². The number of thiophene rings is 1. The highest BCUT2D eigenvalue weighted by Crippen LogP contribution is 2.39. The van der Waals surface area contributed by atoms with Gasteiger partial charge in [-0.3, -0.25) is 9.69 Å². The van der Waals surface area contributed by atoms with Crippen molar-refractivity contribution in [3.8, 4) is 11.5 Å². The number of hydrogen-bond acceptors (Lipinski definition) is 6. The van der Waals surface area contributed by atoms with Crippen molar-refractivity contribution in [1.82, 2.24) is 4.98 Å². The molecule has 0 fully saturated rings. The molecule has 140 valence electrons. The Kier molecular flexibility index (Phi) is 5.11. The molecular formula is C19H20N3O3S2+. The molecule has 3 aromatic rings. The van der Waals surface area contributed by atoms with Gasteiger partial charge in [-0.2, -0.15) is 0 Å². The number of carbonyl (C=O) groups excluding carboxylic acids is 1. The zero-order chi connectivity index (χ0) is 18.8. The standard InChI is InChI=1S/C19H19N3O3S2/c1-21(2)7-8-22(18(23)6-5-13-4-3-9-26-13)19-20-14-10-15-16(25-12-24-15)11-17(14)27-19/h3-6,9-11H,7-8,12H2,1-2H3/p+1/b6-5+. The lowest BCUT2D eigenvalue weighted by molar-refractivity contribution is -0.856. The molecule has 8 heteroatoms. The number of nitrogens with zero attached hydrogens (tertiary/aromatic N) is 2. The SMILES string of the molecule is C[NH+](C)CCN(C(=O)/C=C/c1cccs1)c1nc2cc3c(cc2s1)OCO3. The average molecular weight is 403 g/mol. The van der Waals surface area contributed by atoms with Gasteiger partial charge in [0.15, 0.2) is 16.6 Å². The van der Waals surface area contributed by atoms with E-state index in [0.717, 1.165) is 27.4 Å². The number of carbonyl (C=O) groups is 1. The molecule has 1 amide bonds. The number of nitrogens with one attached hydrogen (secondary N) is 1. The van der Waals surface area contributed by atoms with Crippen LogP contribution in [-0.2, 0) is 4.79 Å². The molecule has 0 atom stereocenters. The van der Waals surface area contributed by atoms with E-state index < -0.39 is 0 Å². The average Bonchev–Trinajstić information content (AvgIpc) is 3.37. The van der Waals surface area contributed by atoms with Crippen molar-refractivity contribution in [1.29, 1.82) is 0 Å². The van der Waals surface area contributed by atoms with Crippen LogP contribution in [0.25, 0.3) is 16.3 Å². The summed E-state index contributed by atoms with van der Waals surface area (Å²) in [6.07, 6.45) is 3.47. The van der Waals surface area contributed by atoms with Crippen LogP contribution in [0.2, 0.25) is 0 Å². The highest BCUT2D eigenvalue weighted by Gasteiger charge is 2.21. The minimum atomic E-state index is -0.0660. The number of hydrogen-bond donors (Lipinski definition) is 1. The molecule has 1 aliphatic rings. The molecule has 0 bridgehead atoms. The second-order valence-corrected chi connectivity index (χ2v) is 8.45. The summed E-state index contributed by atoms with van der Waals surface area (Å²) in [6.45, 7) is 1.67. The minimum absolute atomic E-state index is 0.0660. The number of thiazole rings is 1. The summed E-state index contributed by atoms with van der Waals surface area (Å²) in [4.78, 5) is 21.6. The van der Waals surface area contributed by atoms with Gasteiger partial charge in [0.05, 0.1) is 37.4 Å². The van der Waals surface area contributed by atoms with Gasteiger partial charge in [0, 0.05) is 23.1 Å². The van der Waals surface area contributed by atoms with E-state index in [-0.39, 0.29) is 12.7 Å². The number of benzene rings is 1. The maximum Gasteiger partial charge on any atom is 0.253 e. The third kappa shape index (κ3) is 3.97. The number of aromatic nitrogens is 1. The minimum Gasteiger partial charge on any atom is -0.454 e. The number of anilines is 1. The summed E-state index contributed by atoms with van der Waals surface area (Å²) in [6, 6.07) is 7.76. The summed E-state index contributed by atoms with van der Waals surface area (Å²) >= 11 is 3.10. The van der Waals surface area contributed by atoms with Crippen molar-refractivity contribution in [2.75, 3.05) is 38.9 Å². The van der Waals surface area contributed by atoms with Crippen molar-refractivity contribution in [3.05, 3.63) is 40.6 Å². The Balaban J connectivity index is 1.63. The fourth-order valence-corrected chi connectivity index (χ4v) is 4.31. The van der Waals surface area contributed by atoms with Gasteiger partial charge in [0.25, 0.3) is 5.91 Å². The van der Waals surface area contributed by atoms with E-state index >= 15 is 0 Å². The fourth-order valence-electron chi connectivity index (χ4n) is 2.69. The first-order valence-corrected chi connectivity index (χ1v) is 10.3. The van der Waals surface area contributed by atoms with E-state index in [9.17, 15) is 4.79 Å². The van der Waals surface area contributed by atoms with Gasteiger partial charge in [0.2, 0.25) is 6.79 Å². The molecule has 0 aliphatic carbocycles. The summed E-state index contributed by atoms with van der Waals surface area (Å²) in [5.74, 6) is 1.36. The third-order valence-electron chi connectivity index (χ3n) is 4.14. The Bertz CT molecular complexity index is 939. The largest absolute Gasteiger partial charge is 0.454 e. The Morgan fingerprint density at radius 2 is 2.15 bits per heavy atom. The van der Waals surface area contributed by atoms with E-state index in [0.29, 0.717) is 17.4 Å². The topological polar surface area (TPSA) is 56.1 Å². The molecule has 0 unspecified atom stereocenters. The molecule has 2 aromatic heterocycles. The number of amides is 1. The summed E-state index contributed by atoms with van der Waals surface area (Å²) < 4.78 is 11.9. The maximum atomic E-state index is 12.9. The lowest BCUT2D eigenvalue weighted by atomic mass is 10.3. The monoisotopic (exact) mass is 402 g/mol. The molecule has 6 nitrogen and oxygen atoms in total. The quantitative estimate of drug-likeness (QED) is 0.643. The Morgan fingerprint density at radius 1 is 1.33 bits per heavy atom. The second-order valence-electron chi connectivity index (χ2n) is 6.47. The molecule has 4 rings (SSSR count). The number of quaternary nitrogens is 1. The van der Waals surface area contributed by atoms with Gasteiger partial charge in [-0.25, -0.2) is 4.98 Å². The molecule has 0 radical (unpaired) electrons. The first kappa shape index (κ1) is 18.0. The Labute approximate surface area is 165 Å². The molecule has 1 aliphatic heterocycles. The fraction of sp³-hybridized carbons (Fsp3) is 0.263. The molecule has 0 saturated heterocycles. The first-order chi connectivity index (χ1) is 13.1. The lowest BCUT2D eigenvalue weighted by Crippen LogP contribution is -3.06. The van der Waals surface area contributed by atoms with Crippen LogP contribution in [0.3, 0.4) is 0 Å². The first-order valence-electron chi connectivity index (χ1n) is 8.62. The third-order valence-corrected chi connectivity index (χ3v) is 6.02. The smallest absolute Gasteiger partial charge is 0.253 e. The van der Waals surface area contributed by atoms with Crippen molar-refractivity contribution < 1.29 is 19.2 Å². The molecule has 27 heavy (non-hydrogen) atoms. The summed E-state index contributed by atoms with van der Waals surface area (Å²) in [5.41, 5.74) is 0.816. The van der Waals surface area contributed by atoms with Crippen LogP contribution in [-0.4, -0.2) is 44.9 Å². The van der Waals surface area contributed by atoms with Crippen molar-refractivity contribution in [2.45, 2.75) is 0 Å². The number of rotatable bonds is 6. The van der Waals surface area contributed by atoms with Crippen LogP contribution >= 0.6 is 22.7 Å². The lowest BCUT2D eigenvalue weighted by Gasteiger charge is -2.19. The van der Waals surface area contributed by atoms with Gasteiger partial charge in [-0.05, 0) is 17.5 Å². The summed E-state index contributed by atoms with van der Waals surface area (Å²) in [5, 5.41) is 2.68. The molecule has 0 saturated carbocycles. The van der Waals surface area contributed by atoms with Gasteiger partial charge in [0.1, 0.15) is 0 Å². The van der Waals surface area contributed by atoms with Crippen LogP contribution in [0.5, 0.6) is 11.5 Å². The van der Waals surface area contributed by atoms with Crippen LogP contribution in [0.1, 0.15) is 4.88 Å². The Morgan fingerprint density at radius 3 is 2.89 bits per heavy atom. The normalized spacial score (nSPS) is 13.1.